The molecule has 0 aliphatic heterocycles. The smallest absolute Gasteiger partial charge is 0.269 e. The van der Waals surface area contributed by atoms with E-state index in [2.05, 4.69) is 15.8 Å². The molecule has 3 rings (SSSR count). The summed E-state index contributed by atoms with van der Waals surface area (Å²) in [6, 6.07) is 13.2. The van der Waals surface area contributed by atoms with Crippen molar-refractivity contribution in [2.24, 2.45) is 0 Å². The molecule has 9 heteroatoms. The highest BCUT2D eigenvalue weighted by molar-refractivity contribution is 5.99. The molecule has 1 aromatic heterocycles. The van der Waals surface area contributed by atoms with Crippen molar-refractivity contribution in [3.8, 4) is 23.0 Å². The number of hydrazine groups is 1. The number of benzene rings is 2. The molecular weight excluding hydrogens is 426 g/mol. The van der Waals surface area contributed by atoms with Gasteiger partial charge in [-0.2, -0.15) is 0 Å². The van der Waals surface area contributed by atoms with Crippen LogP contribution in [-0.4, -0.2) is 37.6 Å². The number of carbonyl (C=O) groups excluding carboxylic acids is 2. The second-order valence-electron chi connectivity index (χ2n) is 6.72. The van der Waals surface area contributed by atoms with Crippen molar-refractivity contribution in [3.63, 3.8) is 0 Å². The summed E-state index contributed by atoms with van der Waals surface area (Å²) in [5.41, 5.74) is 6.27. The summed E-state index contributed by atoms with van der Waals surface area (Å²) in [6.07, 6.45) is 3.40. The van der Waals surface area contributed by atoms with Crippen LogP contribution in [0, 0.1) is 0 Å². The van der Waals surface area contributed by atoms with Crippen LogP contribution in [-0.2, 0) is 6.61 Å². The lowest BCUT2D eigenvalue weighted by Crippen LogP contribution is -2.41. The molecule has 0 saturated heterocycles. The number of nitrogens with zero attached hydrogens (tertiary/aromatic N) is 1. The lowest BCUT2D eigenvalue weighted by Gasteiger charge is -2.14. The van der Waals surface area contributed by atoms with Gasteiger partial charge in [0, 0.05) is 29.1 Å². The Morgan fingerprint density at radius 1 is 0.818 bits per heavy atom. The number of nitrogens with one attached hydrogen (secondary N) is 2. The van der Waals surface area contributed by atoms with Crippen molar-refractivity contribution < 1.29 is 28.5 Å². The average molecular weight is 451 g/mol. The molecule has 172 valence electrons. The molecule has 0 bridgehead atoms. The van der Waals surface area contributed by atoms with Crippen molar-refractivity contribution in [2.45, 2.75) is 13.5 Å². The molecule has 0 atom stereocenters. The Bertz CT molecular complexity index is 1100. The lowest BCUT2D eigenvalue weighted by molar-refractivity contribution is 0.0846. The topological polar surface area (TPSA) is 108 Å². The molecule has 2 aromatic carbocycles. The van der Waals surface area contributed by atoms with Gasteiger partial charge in [0.2, 0.25) is 0 Å². The first-order valence-corrected chi connectivity index (χ1v) is 10.2. The van der Waals surface area contributed by atoms with Gasteiger partial charge in [0.05, 0.1) is 20.8 Å². The molecule has 9 nitrogen and oxygen atoms in total. The van der Waals surface area contributed by atoms with Crippen molar-refractivity contribution in [2.75, 3.05) is 20.8 Å². The zero-order valence-corrected chi connectivity index (χ0v) is 18.6. The van der Waals surface area contributed by atoms with Crippen LogP contribution in [0.3, 0.4) is 0 Å². The van der Waals surface area contributed by atoms with Gasteiger partial charge in [0.25, 0.3) is 11.8 Å². The molecule has 2 amide bonds. The van der Waals surface area contributed by atoms with Crippen molar-refractivity contribution >= 4 is 11.8 Å². The molecule has 0 aliphatic carbocycles. The molecular formula is C24H25N3O6. The van der Waals surface area contributed by atoms with E-state index in [1.54, 1.807) is 42.7 Å². The number of aromatic nitrogens is 1. The van der Waals surface area contributed by atoms with E-state index in [1.807, 2.05) is 19.1 Å². The first kappa shape index (κ1) is 23.4. The molecule has 0 fully saturated rings. The summed E-state index contributed by atoms with van der Waals surface area (Å²) in [5, 5.41) is 0. The molecule has 0 spiro atoms. The van der Waals surface area contributed by atoms with E-state index in [-0.39, 0.29) is 0 Å². The fraction of sp³-hybridized carbons (Fsp3) is 0.208. The zero-order chi connectivity index (χ0) is 23.6. The summed E-state index contributed by atoms with van der Waals surface area (Å²) >= 11 is 0. The highest BCUT2D eigenvalue weighted by Gasteiger charge is 2.15. The van der Waals surface area contributed by atoms with E-state index < -0.39 is 11.8 Å². The molecule has 3 aromatic rings. The minimum Gasteiger partial charge on any atom is -0.493 e. The lowest BCUT2D eigenvalue weighted by atomic mass is 10.2. The minimum atomic E-state index is -0.511. The van der Waals surface area contributed by atoms with Crippen LogP contribution in [0.4, 0.5) is 0 Å². The SMILES string of the molecule is CCOc1cc(C(=O)NNC(=O)c2ccc(OC)c(OC)c2)ccc1OCc1cccnc1. The number of carbonyl (C=O) groups is 2. The van der Waals surface area contributed by atoms with Gasteiger partial charge in [-0.25, -0.2) is 0 Å². The van der Waals surface area contributed by atoms with Crippen LogP contribution in [0.1, 0.15) is 33.2 Å². The van der Waals surface area contributed by atoms with Crippen LogP contribution >= 0.6 is 0 Å². The standard InChI is InChI=1S/C24H25N3O6/c1-4-32-22-13-18(8-10-20(22)33-15-16-6-5-11-25-14-16)24(29)27-26-23(28)17-7-9-19(30-2)21(12-17)31-3/h5-14H,4,15H2,1-3H3,(H,26,28)(H,27,29). The van der Waals surface area contributed by atoms with Gasteiger partial charge < -0.3 is 18.9 Å². The highest BCUT2D eigenvalue weighted by Crippen LogP contribution is 2.29. The van der Waals surface area contributed by atoms with E-state index in [1.165, 1.54) is 20.3 Å². The first-order valence-electron chi connectivity index (χ1n) is 10.2. The van der Waals surface area contributed by atoms with E-state index in [0.717, 1.165) is 5.56 Å². The van der Waals surface area contributed by atoms with Crippen LogP contribution in [0.15, 0.2) is 60.9 Å². The number of amides is 2. The van der Waals surface area contributed by atoms with Crippen LogP contribution in [0.2, 0.25) is 0 Å². The highest BCUT2D eigenvalue weighted by atomic mass is 16.5. The van der Waals surface area contributed by atoms with E-state index in [0.29, 0.717) is 47.3 Å². The Hall–Kier alpha value is -4.27. The maximum absolute atomic E-state index is 12.6. The summed E-state index contributed by atoms with van der Waals surface area (Å²) < 4.78 is 21.8. The van der Waals surface area contributed by atoms with Crippen LogP contribution in [0.5, 0.6) is 23.0 Å². The van der Waals surface area contributed by atoms with Gasteiger partial charge in [-0.1, -0.05) is 6.07 Å². The molecule has 0 aliphatic rings. The Labute approximate surface area is 191 Å². The second-order valence-corrected chi connectivity index (χ2v) is 6.72. The summed E-state index contributed by atoms with van der Waals surface area (Å²) in [5.74, 6) is 0.785. The Morgan fingerprint density at radius 2 is 1.45 bits per heavy atom. The fourth-order valence-corrected chi connectivity index (χ4v) is 2.92. The quantitative estimate of drug-likeness (QED) is 0.481. The number of hydrogen-bond acceptors (Lipinski definition) is 7. The molecule has 0 radical (unpaired) electrons. The van der Waals surface area contributed by atoms with E-state index >= 15 is 0 Å². The van der Waals surface area contributed by atoms with Crippen LogP contribution in [0.25, 0.3) is 0 Å². The number of pyridine rings is 1. The van der Waals surface area contributed by atoms with Gasteiger partial charge in [0.15, 0.2) is 23.0 Å². The molecule has 0 unspecified atom stereocenters. The van der Waals surface area contributed by atoms with Gasteiger partial charge in [-0.3, -0.25) is 25.4 Å². The maximum Gasteiger partial charge on any atom is 0.269 e. The Balaban J connectivity index is 1.65. The van der Waals surface area contributed by atoms with Gasteiger partial charge in [-0.15, -0.1) is 0 Å². The zero-order valence-electron chi connectivity index (χ0n) is 18.6. The van der Waals surface area contributed by atoms with Crippen LogP contribution < -0.4 is 29.8 Å². The molecule has 33 heavy (non-hydrogen) atoms. The number of hydrogen-bond donors (Lipinski definition) is 2. The van der Waals surface area contributed by atoms with Gasteiger partial charge >= 0.3 is 0 Å². The van der Waals surface area contributed by atoms with Crippen molar-refractivity contribution in [1.29, 1.82) is 0 Å². The number of ether oxygens (including phenoxy) is 4. The molecule has 0 saturated carbocycles. The minimum absolute atomic E-state index is 0.291. The third-order valence-electron chi connectivity index (χ3n) is 4.56. The molecule has 2 N–H and O–H groups in total. The van der Waals surface area contributed by atoms with Crippen molar-refractivity contribution in [3.05, 3.63) is 77.6 Å². The second kappa shape index (κ2) is 11.4. The summed E-state index contributed by atoms with van der Waals surface area (Å²) in [7, 11) is 2.98. The van der Waals surface area contributed by atoms with Crippen molar-refractivity contribution in [1.82, 2.24) is 15.8 Å². The first-order chi connectivity index (χ1) is 16.0. The number of rotatable bonds is 9. The number of methoxy groups -OCH3 is 2. The predicted octanol–water partition coefficient (Wildman–Crippen LogP) is 3.15. The maximum atomic E-state index is 12.6. The summed E-state index contributed by atoms with van der Waals surface area (Å²) in [4.78, 5) is 29.1. The summed E-state index contributed by atoms with van der Waals surface area (Å²) in [6.45, 7) is 2.53. The average Bonchev–Trinajstić information content (AvgIpc) is 2.86. The Kier molecular flexibility index (Phi) is 8.07. The fourth-order valence-electron chi connectivity index (χ4n) is 2.92. The third-order valence-corrected chi connectivity index (χ3v) is 4.56. The predicted molar refractivity (Wildman–Crippen MR) is 121 cm³/mol. The largest absolute Gasteiger partial charge is 0.493 e. The third kappa shape index (κ3) is 6.13. The van der Waals surface area contributed by atoms with E-state index in [4.69, 9.17) is 18.9 Å². The van der Waals surface area contributed by atoms with Gasteiger partial charge in [0.1, 0.15) is 6.61 Å². The normalized spacial score (nSPS) is 10.2. The molecule has 1 heterocycles. The Morgan fingerprint density at radius 3 is 2.03 bits per heavy atom. The monoisotopic (exact) mass is 451 g/mol. The van der Waals surface area contributed by atoms with E-state index in [9.17, 15) is 9.59 Å². The van der Waals surface area contributed by atoms with Gasteiger partial charge in [-0.05, 0) is 49.4 Å².